The van der Waals surface area contributed by atoms with E-state index >= 15 is 0 Å². The number of carbonyl (C=O) groups excluding carboxylic acids is 2. The standard InChI is InChI=1S/C28H38N2O4/c1-19(2)21-9-13-23(14-10-21)33-17-27(31)29-25-7-5-6-8-26(25)30-28(32)18-34-24-15-11-22(12-16-24)20(3)4/h9-16,19-20,25-26H,5-8,17-18H2,1-4H3,(H,29,31)(H,30,32). The molecule has 1 fully saturated rings. The Balaban J connectivity index is 1.44. The normalized spacial score (nSPS) is 17.9. The molecular weight excluding hydrogens is 428 g/mol. The first-order valence-corrected chi connectivity index (χ1v) is 12.4. The van der Waals surface area contributed by atoms with Gasteiger partial charge in [-0.2, -0.15) is 0 Å². The van der Waals surface area contributed by atoms with Gasteiger partial charge in [-0.15, -0.1) is 0 Å². The van der Waals surface area contributed by atoms with E-state index in [2.05, 4.69) is 38.3 Å². The number of hydrogen-bond acceptors (Lipinski definition) is 4. The van der Waals surface area contributed by atoms with Gasteiger partial charge in [0, 0.05) is 12.1 Å². The lowest BCUT2D eigenvalue weighted by atomic mass is 9.90. The Labute approximate surface area is 203 Å². The quantitative estimate of drug-likeness (QED) is 0.520. The molecule has 0 aliphatic heterocycles. The number of carbonyl (C=O) groups is 2. The molecule has 6 nitrogen and oxygen atoms in total. The minimum atomic E-state index is -0.180. The Morgan fingerprint density at radius 3 is 1.38 bits per heavy atom. The van der Waals surface area contributed by atoms with E-state index < -0.39 is 0 Å². The van der Waals surface area contributed by atoms with Crippen LogP contribution in [0.3, 0.4) is 0 Å². The van der Waals surface area contributed by atoms with Crippen LogP contribution in [-0.4, -0.2) is 37.1 Å². The maximum atomic E-state index is 12.5. The van der Waals surface area contributed by atoms with Crippen molar-refractivity contribution in [2.45, 2.75) is 77.3 Å². The Hall–Kier alpha value is -3.02. The van der Waals surface area contributed by atoms with Crippen LogP contribution in [0, 0.1) is 0 Å². The maximum Gasteiger partial charge on any atom is 0.258 e. The van der Waals surface area contributed by atoms with Gasteiger partial charge in [-0.1, -0.05) is 64.8 Å². The Morgan fingerprint density at radius 2 is 1.06 bits per heavy atom. The Morgan fingerprint density at radius 1 is 0.706 bits per heavy atom. The molecule has 0 radical (unpaired) electrons. The maximum absolute atomic E-state index is 12.5. The van der Waals surface area contributed by atoms with Crippen molar-refractivity contribution >= 4 is 11.8 Å². The molecule has 2 atom stereocenters. The van der Waals surface area contributed by atoms with Crippen molar-refractivity contribution in [1.29, 1.82) is 0 Å². The van der Waals surface area contributed by atoms with Crippen LogP contribution in [-0.2, 0) is 9.59 Å². The van der Waals surface area contributed by atoms with Crippen molar-refractivity contribution in [2.75, 3.05) is 13.2 Å². The van der Waals surface area contributed by atoms with E-state index in [1.807, 2.05) is 48.5 Å². The minimum absolute atomic E-state index is 0.0479. The predicted octanol–water partition coefficient (Wildman–Crippen LogP) is 4.93. The molecule has 0 saturated heterocycles. The zero-order valence-corrected chi connectivity index (χ0v) is 20.8. The molecule has 1 saturated carbocycles. The monoisotopic (exact) mass is 466 g/mol. The number of rotatable bonds is 10. The number of benzene rings is 2. The van der Waals surface area contributed by atoms with E-state index in [0.29, 0.717) is 23.3 Å². The van der Waals surface area contributed by atoms with Gasteiger partial charge >= 0.3 is 0 Å². The van der Waals surface area contributed by atoms with Crippen molar-refractivity contribution in [2.24, 2.45) is 0 Å². The molecule has 2 unspecified atom stereocenters. The molecule has 2 aromatic carbocycles. The molecule has 0 bridgehead atoms. The summed E-state index contributed by atoms with van der Waals surface area (Å²) in [5, 5.41) is 6.09. The van der Waals surface area contributed by atoms with E-state index in [-0.39, 0.29) is 37.1 Å². The fraction of sp³-hybridized carbons (Fsp3) is 0.500. The summed E-state index contributed by atoms with van der Waals surface area (Å²) in [6.45, 7) is 8.46. The number of hydrogen-bond donors (Lipinski definition) is 2. The van der Waals surface area contributed by atoms with Crippen molar-refractivity contribution in [1.82, 2.24) is 10.6 Å². The summed E-state index contributed by atoms with van der Waals surface area (Å²) in [7, 11) is 0. The lowest BCUT2D eigenvalue weighted by Gasteiger charge is -2.32. The highest BCUT2D eigenvalue weighted by atomic mass is 16.5. The average molecular weight is 467 g/mol. The second kappa shape index (κ2) is 12.4. The minimum Gasteiger partial charge on any atom is -0.484 e. The van der Waals surface area contributed by atoms with Crippen molar-refractivity contribution < 1.29 is 19.1 Å². The number of amides is 2. The van der Waals surface area contributed by atoms with Gasteiger partial charge in [0.1, 0.15) is 11.5 Å². The van der Waals surface area contributed by atoms with Gasteiger partial charge in [0.25, 0.3) is 11.8 Å². The van der Waals surface area contributed by atoms with Crippen LogP contribution >= 0.6 is 0 Å². The molecule has 2 N–H and O–H groups in total. The highest BCUT2D eigenvalue weighted by molar-refractivity contribution is 5.79. The molecule has 1 aliphatic carbocycles. The fourth-order valence-electron chi connectivity index (χ4n) is 4.17. The van der Waals surface area contributed by atoms with Crippen LogP contribution < -0.4 is 20.1 Å². The highest BCUT2D eigenvalue weighted by Gasteiger charge is 2.28. The number of nitrogens with one attached hydrogen (secondary N) is 2. The van der Waals surface area contributed by atoms with Crippen molar-refractivity contribution in [3.05, 3.63) is 59.7 Å². The lowest BCUT2D eigenvalue weighted by molar-refractivity contribution is -0.127. The third-order valence-electron chi connectivity index (χ3n) is 6.29. The van der Waals surface area contributed by atoms with Crippen LogP contribution in [0.4, 0.5) is 0 Å². The molecule has 0 spiro atoms. The van der Waals surface area contributed by atoms with E-state index in [1.165, 1.54) is 11.1 Å². The predicted molar refractivity (Wildman–Crippen MR) is 134 cm³/mol. The summed E-state index contributed by atoms with van der Waals surface area (Å²) >= 11 is 0. The summed E-state index contributed by atoms with van der Waals surface area (Å²) < 4.78 is 11.3. The van der Waals surface area contributed by atoms with Crippen molar-refractivity contribution in [3.63, 3.8) is 0 Å². The Bertz CT molecular complexity index is 845. The Kier molecular flexibility index (Phi) is 9.37. The van der Waals surface area contributed by atoms with Crippen LogP contribution in [0.25, 0.3) is 0 Å². The first-order valence-electron chi connectivity index (χ1n) is 12.4. The van der Waals surface area contributed by atoms with E-state index in [0.717, 1.165) is 25.7 Å². The lowest BCUT2D eigenvalue weighted by Crippen LogP contribution is -2.54. The summed E-state index contributed by atoms with van der Waals surface area (Å²) in [6, 6.07) is 15.4. The molecule has 184 valence electrons. The van der Waals surface area contributed by atoms with E-state index in [1.54, 1.807) is 0 Å². The zero-order valence-electron chi connectivity index (χ0n) is 20.8. The summed E-state index contributed by atoms with van der Waals surface area (Å²) in [5.74, 6) is 1.89. The largest absolute Gasteiger partial charge is 0.484 e. The topological polar surface area (TPSA) is 76.7 Å². The molecule has 34 heavy (non-hydrogen) atoms. The molecule has 0 heterocycles. The summed E-state index contributed by atoms with van der Waals surface area (Å²) in [4.78, 5) is 25.0. The van der Waals surface area contributed by atoms with Gasteiger partial charge in [-0.25, -0.2) is 0 Å². The molecule has 2 amide bonds. The third kappa shape index (κ3) is 7.79. The second-order valence-corrected chi connectivity index (χ2v) is 9.66. The molecule has 0 aromatic heterocycles. The molecule has 1 aliphatic rings. The van der Waals surface area contributed by atoms with Gasteiger partial charge in [0.05, 0.1) is 0 Å². The first-order chi connectivity index (χ1) is 16.3. The van der Waals surface area contributed by atoms with Crippen LogP contribution in [0.2, 0.25) is 0 Å². The van der Waals surface area contributed by atoms with Gasteiger partial charge in [0.15, 0.2) is 13.2 Å². The molecular formula is C28H38N2O4. The van der Waals surface area contributed by atoms with Gasteiger partial charge in [0.2, 0.25) is 0 Å². The average Bonchev–Trinajstić information content (AvgIpc) is 2.83. The van der Waals surface area contributed by atoms with Gasteiger partial charge in [-0.3, -0.25) is 9.59 Å². The van der Waals surface area contributed by atoms with E-state index in [4.69, 9.17) is 9.47 Å². The smallest absolute Gasteiger partial charge is 0.258 e. The van der Waals surface area contributed by atoms with E-state index in [9.17, 15) is 9.59 Å². The van der Waals surface area contributed by atoms with Gasteiger partial charge < -0.3 is 20.1 Å². The van der Waals surface area contributed by atoms with Crippen LogP contribution in [0.5, 0.6) is 11.5 Å². The van der Waals surface area contributed by atoms with Gasteiger partial charge in [-0.05, 0) is 60.1 Å². The fourth-order valence-corrected chi connectivity index (χ4v) is 4.17. The highest BCUT2D eigenvalue weighted by Crippen LogP contribution is 2.21. The second-order valence-electron chi connectivity index (χ2n) is 9.66. The third-order valence-corrected chi connectivity index (χ3v) is 6.29. The summed E-state index contributed by atoms with van der Waals surface area (Å²) in [6.07, 6.45) is 3.70. The molecule has 3 rings (SSSR count). The van der Waals surface area contributed by atoms with Crippen LogP contribution in [0.1, 0.15) is 76.3 Å². The SMILES string of the molecule is CC(C)c1ccc(OCC(=O)NC2CCCCC2NC(=O)COc2ccc(C(C)C)cc2)cc1. The van der Waals surface area contributed by atoms with Crippen molar-refractivity contribution in [3.8, 4) is 11.5 Å². The zero-order chi connectivity index (χ0) is 24.5. The molecule has 6 heteroatoms. The molecule has 2 aromatic rings. The summed E-state index contributed by atoms with van der Waals surface area (Å²) in [5.41, 5.74) is 2.46. The van der Waals surface area contributed by atoms with Crippen LogP contribution in [0.15, 0.2) is 48.5 Å². The first kappa shape index (κ1) is 25.6. The number of ether oxygens (including phenoxy) is 2.